The van der Waals surface area contributed by atoms with Gasteiger partial charge in [-0.2, -0.15) is 18.1 Å². The van der Waals surface area contributed by atoms with Crippen molar-refractivity contribution in [2.45, 2.75) is 54.6 Å². The van der Waals surface area contributed by atoms with Crippen molar-refractivity contribution in [3.63, 3.8) is 0 Å². The average Bonchev–Trinajstić information content (AvgIpc) is 2.87. The van der Waals surface area contributed by atoms with Crippen molar-refractivity contribution in [1.82, 2.24) is 4.90 Å². The monoisotopic (exact) mass is 521 g/mol. The lowest BCUT2D eigenvalue weighted by molar-refractivity contribution is -0.215. The Labute approximate surface area is 211 Å². The average molecular weight is 522 g/mol. The first-order chi connectivity index (χ1) is 17.2. The number of esters is 1. The van der Waals surface area contributed by atoms with Crippen molar-refractivity contribution < 1.29 is 37.3 Å². The van der Waals surface area contributed by atoms with Gasteiger partial charge >= 0.3 is 12.1 Å². The molecule has 10 heteroatoms. The Bertz CT molecular complexity index is 1170. The molecule has 6 nitrogen and oxygen atoms in total. The summed E-state index contributed by atoms with van der Waals surface area (Å²) in [5, 5.41) is 0. The van der Waals surface area contributed by atoms with E-state index < -0.39 is 29.7 Å². The second-order valence-electron chi connectivity index (χ2n) is 8.48. The van der Waals surface area contributed by atoms with Gasteiger partial charge in [0.15, 0.2) is 5.75 Å². The summed E-state index contributed by atoms with van der Waals surface area (Å²) < 4.78 is 47.2. The number of fused-ring (bicyclic) bond motifs is 1. The zero-order valence-corrected chi connectivity index (χ0v) is 20.5. The topological polar surface area (TPSA) is 65.1 Å². The van der Waals surface area contributed by atoms with E-state index in [1.165, 1.54) is 17.0 Å². The van der Waals surface area contributed by atoms with Crippen molar-refractivity contribution in [3.8, 4) is 5.75 Å². The number of nitrogens with zero attached hydrogens (tertiary/aromatic N) is 1. The summed E-state index contributed by atoms with van der Waals surface area (Å²) in [4.78, 5) is 37.6. The second-order valence-corrected chi connectivity index (χ2v) is 9.59. The summed E-state index contributed by atoms with van der Waals surface area (Å²) >= 11 is 0.978. The Balaban J connectivity index is 1.59. The molecule has 4 rings (SSSR count). The fourth-order valence-electron chi connectivity index (χ4n) is 4.26. The molecule has 0 bridgehead atoms. The van der Waals surface area contributed by atoms with Crippen LogP contribution in [0.25, 0.3) is 5.57 Å². The first-order valence-electron chi connectivity index (χ1n) is 11.7. The molecule has 2 aliphatic heterocycles. The molecule has 1 amide bonds. The normalized spacial score (nSPS) is 17.7. The largest absolute Gasteiger partial charge is 0.464 e. The van der Waals surface area contributed by atoms with Crippen molar-refractivity contribution in [2.75, 3.05) is 19.8 Å². The summed E-state index contributed by atoms with van der Waals surface area (Å²) in [6.45, 7) is 6.32. The van der Waals surface area contributed by atoms with Gasteiger partial charge in [-0.25, -0.2) is 4.79 Å². The van der Waals surface area contributed by atoms with Crippen LogP contribution in [0.5, 0.6) is 5.75 Å². The third-order valence-electron chi connectivity index (χ3n) is 6.08. The number of piperidine rings is 1. The molecule has 0 aromatic heterocycles. The predicted molar refractivity (Wildman–Crippen MR) is 127 cm³/mol. The van der Waals surface area contributed by atoms with Crippen LogP contribution in [-0.4, -0.2) is 42.6 Å². The maximum Gasteiger partial charge on any atom is 0.417 e. The molecule has 36 heavy (non-hydrogen) atoms. The number of carbonyl (C=O) groups excluding carboxylic acids is 2. The highest BCUT2D eigenvalue weighted by atomic mass is 32.2. The quantitative estimate of drug-likeness (QED) is 0.277. The molecule has 1 unspecified atom stereocenters. The number of rotatable bonds is 6. The molecule has 2 aromatic carbocycles. The molecule has 0 radical (unpaired) electrons. The van der Waals surface area contributed by atoms with Crippen LogP contribution in [0.2, 0.25) is 0 Å². The third kappa shape index (κ3) is 5.70. The van der Waals surface area contributed by atoms with Gasteiger partial charge in [0.25, 0.3) is 5.91 Å². The number of halogens is 3. The van der Waals surface area contributed by atoms with Gasteiger partial charge in [0.2, 0.25) is 0 Å². The van der Waals surface area contributed by atoms with Crippen LogP contribution in [0.1, 0.15) is 42.9 Å². The summed E-state index contributed by atoms with van der Waals surface area (Å²) in [5.41, 5.74) is -0.0510. The summed E-state index contributed by atoms with van der Waals surface area (Å²) in [5.74, 6) is -0.535. The minimum absolute atomic E-state index is 0.00167. The Morgan fingerprint density at radius 3 is 2.75 bits per heavy atom. The van der Waals surface area contributed by atoms with Crippen LogP contribution in [0.3, 0.4) is 0 Å². The molecular weight excluding hydrogens is 495 g/mol. The lowest BCUT2D eigenvalue weighted by Crippen LogP contribution is -2.48. The number of benzene rings is 2. The van der Waals surface area contributed by atoms with E-state index in [-0.39, 0.29) is 22.6 Å². The van der Waals surface area contributed by atoms with E-state index in [1.807, 2.05) is 0 Å². The fourth-order valence-corrected chi connectivity index (χ4v) is 5.27. The molecule has 0 saturated carbocycles. The number of likely N-dealkylation sites (tertiary alicyclic amines) is 1. The van der Waals surface area contributed by atoms with Crippen LogP contribution in [0.15, 0.2) is 52.8 Å². The molecule has 1 fully saturated rings. The van der Waals surface area contributed by atoms with E-state index in [9.17, 15) is 22.8 Å². The number of ether oxygens (including phenoxy) is 1. The van der Waals surface area contributed by atoms with Crippen LogP contribution >= 0.6 is 11.8 Å². The summed E-state index contributed by atoms with van der Waals surface area (Å²) in [7, 11) is 0. The molecule has 192 valence electrons. The number of alkyl halides is 3. The molecule has 0 aliphatic carbocycles. The van der Waals surface area contributed by atoms with Gasteiger partial charge in [0.1, 0.15) is 6.04 Å². The van der Waals surface area contributed by atoms with Gasteiger partial charge in [0, 0.05) is 33.9 Å². The molecule has 2 heterocycles. The fraction of sp³-hybridized carbons (Fsp3) is 0.385. The molecule has 2 aliphatic rings. The van der Waals surface area contributed by atoms with E-state index >= 15 is 0 Å². The number of carbonyl (C=O) groups is 2. The molecule has 0 spiro atoms. The molecule has 0 N–H and O–H groups in total. The Hall–Kier alpha value is -2.98. The van der Waals surface area contributed by atoms with Crippen LogP contribution in [0, 0.1) is 0 Å². The summed E-state index contributed by atoms with van der Waals surface area (Å²) in [6.07, 6.45) is -2.16. The zero-order valence-electron chi connectivity index (χ0n) is 19.7. The summed E-state index contributed by atoms with van der Waals surface area (Å²) in [6, 6.07) is 8.10. The second kappa shape index (κ2) is 11.0. The number of hydrogen-bond donors (Lipinski definition) is 0. The third-order valence-corrected chi connectivity index (χ3v) is 7.14. The minimum Gasteiger partial charge on any atom is -0.464 e. The van der Waals surface area contributed by atoms with Gasteiger partial charge in [-0.1, -0.05) is 24.4 Å². The molecule has 1 atom stereocenters. The lowest BCUT2D eigenvalue weighted by atomic mass is 9.98. The van der Waals surface area contributed by atoms with Crippen molar-refractivity contribution >= 4 is 29.2 Å². The first-order valence-corrected chi connectivity index (χ1v) is 12.5. The highest BCUT2D eigenvalue weighted by molar-refractivity contribution is 7.99. The van der Waals surface area contributed by atoms with E-state index in [2.05, 4.69) is 6.58 Å². The van der Waals surface area contributed by atoms with Crippen molar-refractivity contribution in [1.29, 1.82) is 0 Å². The van der Waals surface area contributed by atoms with E-state index in [1.54, 1.807) is 25.1 Å². The van der Waals surface area contributed by atoms with Gasteiger partial charge in [-0.15, -0.1) is 0 Å². The standard InChI is InChI=1S/C26H26F3NO5S/c1-3-33-25(32)21-6-4-5-12-30(21)24(31)16(2)17-7-10-23(20(15-17)26(27,28)29)36-19-8-9-22-18(14-19)11-13-34-35-22/h7-10,14-15,21H,2-6,11-13H2,1H3. The number of hydrogen-bond acceptors (Lipinski definition) is 6. The van der Waals surface area contributed by atoms with Gasteiger partial charge in [-0.3, -0.25) is 4.79 Å². The van der Waals surface area contributed by atoms with Crippen LogP contribution < -0.4 is 4.89 Å². The smallest absolute Gasteiger partial charge is 0.417 e. The SMILES string of the molecule is C=C(C(=O)N1CCCCC1C(=O)OCC)c1ccc(Sc2ccc3c(c2)CCOO3)c(C(F)(F)F)c1. The molecular formula is C26H26F3NO5S. The van der Waals surface area contributed by atoms with Crippen molar-refractivity contribution in [2.24, 2.45) is 0 Å². The van der Waals surface area contributed by atoms with Crippen LogP contribution in [0.4, 0.5) is 13.2 Å². The molecule has 2 aromatic rings. The highest BCUT2D eigenvalue weighted by Crippen LogP contribution is 2.42. The van der Waals surface area contributed by atoms with E-state index in [0.29, 0.717) is 43.1 Å². The number of amides is 1. The Morgan fingerprint density at radius 2 is 2.00 bits per heavy atom. The van der Waals surface area contributed by atoms with Gasteiger partial charge in [-0.05, 0) is 62.1 Å². The zero-order chi connectivity index (χ0) is 25.9. The van der Waals surface area contributed by atoms with Gasteiger partial charge < -0.3 is 14.5 Å². The maximum atomic E-state index is 14.0. The Kier molecular flexibility index (Phi) is 7.94. The predicted octanol–water partition coefficient (Wildman–Crippen LogP) is 5.68. The van der Waals surface area contributed by atoms with Crippen LogP contribution in [-0.2, 0) is 31.8 Å². The van der Waals surface area contributed by atoms with E-state index in [0.717, 1.165) is 29.8 Å². The van der Waals surface area contributed by atoms with Gasteiger partial charge in [0.05, 0.1) is 18.8 Å². The minimum atomic E-state index is -4.65. The maximum absolute atomic E-state index is 14.0. The lowest BCUT2D eigenvalue weighted by Gasteiger charge is -2.34. The Morgan fingerprint density at radius 1 is 1.19 bits per heavy atom. The van der Waals surface area contributed by atoms with E-state index in [4.69, 9.17) is 14.5 Å². The first kappa shape index (κ1) is 26.1. The highest BCUT2D eigenvalue weighted by Gasteiger charge is 2.37. The molecule has 1 saturated heterocycles. The van der Waals surface area contributed by atoms with Crippen molar-refractivity contribution in [3.05, 3.63) is 59.7 Å².